The van der Waals surface area contributed by atoms with E-state index in [1.54, 1.807) is 18.2 Å². The van der Waals surface area contributed by atoms with E-state index < -0.39 is 0 Å². The Morgan fingerprint density at radius 1 is 0.933 bits per heavy atom. The second kappa shape index (κ2) is 8.34. The summed E-state index contributed by atoms with van der Waals surface area (Å²) in [5.74, 6) is -0.0319. The van der Waals surface area contributed by atoms with E-state index in [9.17, 15) is 9.90 Å². The SMILES string of the molecule is CN(C)Cc1cccc(Cc2cccc(-c3c(O)c4ccc(Cl)cc4[nH]c3=O)c2)c1. The lowest BCUT2D eigenvalue weighted by Crippen LogP contribution is -2.10. The molecule has 5 heteroatoms. The van der Waals surface area contributed by atoms with Gasteiger partial charge in [0.25, 0.3) is 5.56 Å². The molecule has 3 aromatic carbocycles. The molecule has 152 valence electrons. The number of nitrogens with zero attached hydrogens (tertiary/aromatic N) is 1. The highest BCUT2D eigenvalue weighted by molar-refractivity contribution is 6.31. The number of H-pyrrole nitrogens is 1. The van der Waals surface area contributed by atoms with Gasteiger partial charge in [-0.1, -0.05) is 60.1 Å². The van der Waals surface area contributed by atoms with Gasteiger partial charge in [-0.2, -0.15) is 0 Å². The highest BCUT2D eigenvalue weighted by Crippen LogP contribution is 2.33. The van der Waals surface area contributed by atoms with Crippen molar-refractivity contribution >= 4 is 22.5 Å². The third-order valence-corrected chi connectivity index (χ3v) is 5.30. The largest absolute Gasteiger partial charge is 0.506 e. The number of benzene rings is 3. The van der Waals surface area contributed by atoms with Gasteiger partial charge in [0.1, 0.15) is 5.75 Å². The number of rotatable bonds is 5. The molecule has 0 aliphatic carbocycles. The van der Waals surface area contributed by atoms with E-state index >= 15 is 0 Å². The molecule has 4 nitrogen and oxygen atoms in total. The molecule has 0 radical (unpaired) electrons. The molecular weight excluding hydrogens is 396 g/mol. The molecule has 1 heterocycles. The molecular formula is C25H23ClN2O2. The van der Waals surface area contributed by atoms with E-state index in [2.05, 4.69) is 48.2 Å². The second-order valence-electron chi connectivity index (χ2n) is 7.80. The van der Waals surface area contributed by atoms with Crippen molar-refractivity contribution in [2.24, 2.45) is 0 Å². The van der Waals surface area contributed by atoms with Crippen molar-refractivity contribution in [1.82, 2.24) is 9.88 Å². The summed E-state index contributed by atoms with van der Waals surface area (Å²) in [5, 5.41) is 11.9. The average molecular weight is 419 g/mol. The van der Waals surface area contributed by atoms with Crippen molar-refractivity contribution in [3.63, 3.8) is 0 Å². The van der Waals surface area contributed by atoms with Gasteiger partial charge in [0.05, 0.1) is 11.1 Å². The van der Waals surface area contributed by atoms with E-state index in [1.807, 2.05) is 24.3 Å². The maximum atomic E-state index is 12.7. The van der Waals surface area contributed by atoms with Crippen LogP contribution >= 0.6 is 11.6 Å². The maximum Gasteiger partial charge on any atom is 0.260 e. The van der Waals surface area contributed by atoms with Gasteiger partial charge in [0.15, 0.2) is 0 Å². The Morgan fingerprint density at radius 2 is 1.63 bits per heavy atom. The van der Waals surface area contributed by atoms with Crippen LogP contribution < -0.4 is 5.56 Å². The molecule has 0 saturated heterocycles. The van der Waals surface area contributed by atoms with Gasteiger partial charge in [-0.05, 0) is 61.0 Å². The third kappa shape index (κ3) is 4.25. The van der Waals surface area contributed by atoms with Gasteiger partial charge in [0, 0.05) is 17.0 Å². The molecule has 0 aliphatic rings. The number of halogens is 1. The lowest BCUT2D eigenvalue weighted by atomic mass is 9.97. The molecule has 30 heavy (non-hydrogen) atoms. The van der Waals surface area contributed by atoms with Gasteiger partial charge >= 0.3 is 0 Å². The average Bonchev–Trinajstić information content (AvgIpc) is 2.68. The molecule has 4 rings (SSSR count). The zero-order valence-corrected chi connectivity index (χ0v) is 17.7. The summed E-state index contributed by atoms with van der Waals surface area (Å²) in [7, 11) is 4.11. The van der Waals surface area contributed by atoms with Crippen molar-refractivity contribution in [2.45, 2.75) is 13.0 Å². The minimum absolute atomic E-state index is 0.0319. The Balaban J connectivity index is 1.71. The van der Waals surface area contributed by atoms with Crippen LogP contribution in [-0.2, 0) is 13.0 Å². The Labute approximate surface area is 180 Å². The van der Waals surface area contributed by atoms with Crippen LogP contribution in [0.2, 0.25) is 5.02 Å². The van der Waals surface area contributed by atoms with Gasteiger partial charge in [-0.25, -0.2) is 0 Å². The van der Waals surface area contributed by atoms with E-state index in [0.717, 1.165) is 18.5 Å². The number of pyridine rings is 1. The first-order valence-corrected chi connectivity index (χ1v) is 10.1. The fraction of sp³-hybridized carbons (Fsp3) is 0.160. The molecule has 1 aromatic heterocycles. The third-order valence-electron chi connectivity index (χ3n) is 5.06. The summed E-state index contributed by atoms with van der Waals surface area (Å²) in [6.45, 7) is 0.887. The lowest BCUT2D eigenvalue weighted by Gasteiger charge is -2.12. The van der Waals surface area contributed by atoms with Crippen LogP contribution in [0, 0.1) is 0 Å². The second-order valence-corrected chi connectivity index (χ2v) is 8.24. The van der Waals surface area contributed by atoms with Crippen molar-refractivity contribution in [1.29, 1.82) is 0 Å². The van der Waals surface area contributed by atoms with Crippen molar-refractivity contribution in [2.75, 3.05) is 14.1 Å². The first kappa shape index (κ1) is 20.2. The maximum absolute atomic E-state index is 12.7. The molecule has 0 bridgehead atoms. The van der Waals surface area contributed by atoms with E-state index in [-0.39, 0.29) is 16.9 Å². The number of fused-ring (bicyclic) bond motifs is 1. The predicted octanol–water partition coefficient (Wildman–Crippen LogP) is 5.21. The highest BCUT2D eigenvalue weighted by Gasteiger charge is 2.14. The molecule has 4 aromatic rings. The fourth-order valence-electron chi connectivity index (χ4n) is 3.80. The summed E-state index contributed by atoms with van der Waals surface area (Å²) in [4.78, 5) is 17.7. The molecule has 0 amide bonds. The van der Waals surface area contributed by atoms with Gasteiger partial charge in [-0.3, -0.25) is 4.79 Å². The van der Waals surface area contributed by atoms with Crippen LogP contribution in [0.3, 0.4) is 0 Å². The van der Waals surface area contributed by atoms with E-state index in [1.165, 1.54) is 11.1 Å². The van der Waals surface area contributed by atoms with Gasteiger partial charge in [0.2, 0.25) is 0 Å². The zero-order valence-electron chi connectivity index (χ0n) is 16.9. The van der Waals surface area contributed by atoms with Crippen LogP contribution in [0.1, 0.15) is 16.7 Å². The Hall–Kier alpha value is -3.08. The van der Waals surface area contributed by atoms with Crippen molar-refractivity contribution in [3.05, 3.63) is 98.8 Å². The van der Waals surface area contributed by atoms with Crippen LogP contribution in [-0.4, -0.2) is 29.1 Å². The fourth-order valence-corrected chi connectivity index (χ4v) is 3.97. The number of hydrogen-bond acceptors (Lipinski definition) is 3. The predicted molar refractivity (Wildman–Crippen MR) is 123 cm³/mol. The van der Waals surface area contributed by atoms with Crippen molar-refractivity contribution in [3.8, 4) is 16.9 Å². The monoisotopic (exact) mass is 418 g/mol. The normalized spacial score (nSPS) is 11.3. The van der Waals surface area contributed by atoms with Gasteiger partial charge in [-0.15, -0.1) is 0 Å². The summed E-state index contributed by atoms with van der Waals surface area (Å²) in [5.41, 5.74) is 4.67. The highest BCUT2D eigenvalue weighted by atomic mass is 35.5. The number of aromatic hydroxyl groups is 1. The Morgan fingerprint density at radius 3 is 2.40 bits per heavy atom. The van der Waals surface area contributed by atoms with E-state index in [4.69, 9.17) is 11.6 Å². The molecule has 0 spiro atoms. The number of aromatic amines is 1. The summed E-state index contributed by atoms with van der Waals surface area (Å²) in [6, 6.07) is 21.3. The molecule has 0 fully saturated rings. The number of nitrogens with one attached hydrogen (secondary N) is 1. The lowest BCUT2D eigenvalue weighted by molar-refractivity contribution is 0.402. The minimum Gasteiger partial charge on any atom is -0.506 e. The standard InChI is InChI=1S/C25H23ClN2O2/c1-28(2)15-18-7-3-5-16(12-18)11-17-6-4-8-19(13-17)23-24(29)21-10-9-20(26)14-22(21)27-25(23)30/h3-10,12-14H,11,15H2,1-2H3,(H2,27,29,30). The molecule has 0 unspecified atom stereocenters. The smallest absolute Gasteiger partial charge is 0.260 e. The number of aromatic nitrogens is 1. The van der Waals surface area contributed by atoms with Gasteiger partial charge < -0.3 is 15.0 Å². The Bertz CT molecular complexity index is 1280. The molecule has 2 N–H and O–H groups in total. The van der Waals surface area contributed by atoms with Crippen LogP contribution in [0.25, 0.3) is 22.0 Å². The van der Waals surface area contributed by atoms with Crippen LogP contribution in [0.4, 0.5) is 0 Å². The molecule has 0 saturated carbocycles. The number of hydrogen-bond donors (Lipinski definition) is 2. The first-order chi connectivity index (χ1) is 14.4. The van der Waals surface area contributed by atoms with Crippen molar-refractivity contribution < 1.29 is 5.11 Å². The molecule has 0 atom stereocenters. The Kier molecular flexibility index (Phi) is 5.62. The quantitative estimate of drug-likeness (QED) is 0.468. The molecule has 0 aliphatic heterocycles. The first-order valence-electron chi connectivity index (χ1n) is 9.77. The minimum atomic E-state index is -0.340. The van der Waals surface area contributed by atoms with Crippen LogP contribution in [0.5, 0.6) is 5.75 Å². The van der Waals surface area contributed by atoms with Crippen LogP contribution in [0.15, 0.2) is 71.5 Å². The van der Waals surface area contributed by atoms with E-state index in [0.29, 0.717) is 21.5 Å². The summed E-state index contributed by atoms with van der Waals surface area (Å²) < 4.78 is 0. The topological polar surface area (TPSA) is 56.3 Å². The summed E-state index contributed by atoms with van der Waals surface area (Å²) >= 11 is 6.01. The summed E-state index contributed by atoms with van der Waals surface area (Å²) in [6.07, 6.45) is 0.747. The zero-order chi connectivity index (χ0) is 21.3.